The molecule has 1 aromatic rings. The Kier molecular flexibility index (Phi) is 5.77. The second-order valence-corrected chi connectivity index (χ2v) is 8.90. The highest BCUT2D eigenvalue weighted by Gasteiger charge is 2.50. The Morgan fingerprint density at radius 2 is 2.10 bits per heavy atom. The van der Waals surface area contributed by atoms with Gasteiger partial charge in [0.25, 0.3) is 13.4 Å². The average Bonchev–Trinajstić information content (AvgIpc) is 3.01. The monoisotopic (exact) mass is 458 g/mol. The van der Waals surface area contributed by atoms with Crippen molar-refractivity contribution in [3.05, 3.63) is 10.4 Å². The van der Waals surface area contributed by atoms with Gasteiger partial charge in [-0.05, 0) is 0 Å². The maximum Gasteiger partial charge on any atom is 0.278 e. The molecule has 0 aromatic carbocycles. The number of halogens is 1. The third kappa shape index (κ3) is 4.60. The molecule has 1 fully saturated rings. The zero-order chi connectivity index (χ0) is 21.7. The summed E-state index contributed by atoms with van der Waals surface area (Å²) in [5, 5.41) is 10.00. The van der Waals surface area contributed by atoms with Crippen LogP contribution >= 0.6 is 15.6 Å². The van der Waals surface area contributed by atoms with Crippen molar-refractivity contribution < 1.29 is 46.9 Å². The van der Waals surface area contributed by atoms with E-state index in [9.17, 15) is 38.1 Å². The quantitative estimate of drug-likeness (QED) is 0.349. The fourth-order valence-electron chi connectivity index (χ4n) is 2.99. The molecule has 1 aromatic heterocycles. The van der Waals surface area contributed by atoms with Crippen molar-refractivity contribution in [1.29, 1.82) is 0 Å². The van der Waals surface area contributed by atoms with Gasteiger partial charge < -0.3 is 49.1 Å². The van der Waals surface area contributed by atoms with E-state index in [0.717, 1.165) is 0 Å². The van der Waals surface area contributed by atoms with E-state index in [1.807, 2.05) is 0 Å². The van der Waals surface area contributed by atoms with Gasteiger partial charge in [-0.25, -0.2) is 4.39 Å². The Morgan fingerprint density at radius 1 is 1.45 bits per heavy atom. The number of hydrogen-bond acceptors (Lipinski definition) is 14. The summed E-state index contributed by atoms with van der Waals surface area (Å²) in [6, 6.07) is 0. The minimum Gasteiger partial charge on any atom is -0.790 e. The van der Waals surface area contributed by atoms with Gasteiger partial charge in [-0.1, -0.05) is 0 Å². The minimum absolute atomic E-state index is 0.0216. The lowest BCUT2D eigenvalue weighted by atomic mass is 10.1. The lowest BCUT2D eigenvalue weighted by Gasteiger charge is -2.35. The molecule has 2 aliphatic heterocycles. The number of rotatable bonds is 6. The second kappa shape index (κ2) is 7.58. The van der Waals surface area contributed by atoms with E-state index in [4.69, 9.17) is 10.5 Å². The number of nitrogen functional groups attached to an aromatic ring is 1. The molecule has 0 bridgehead atoms. The second-order valence-electron chi connectivity index (χ2n) is 6.20. The molecular weight excluding hydrogens is 443 g/mol. The van der Waals surface area contributed by atoms with E-state index in [1.54, 1.807) is 0 Å². The number of alkyl halides is 1. The van der Waals surface area contributed by atoms with Gasteiger partial charge in [0.2, 0.25) is 5.95 Å². The van der Waals surface area contributed by atoms with Gasteiger partial charge in [-0.15, -0.1) is 0 Å². The van der Waals surface area contributed by atoms with Gasteiger partial charge in [0, 0.05) is 7.05 Å². The van der Waals surface area contributed by atoms with Crippen LogP contribution in [-0.2, 0) is 22.7 Å². The number of phosphoric acid groups is 2. The van der Waals surface area contributed by atoms with Crippen LogP contribution in [0.2, 0.25) is 0 Å². The van der Waals surface area contributed by atoms with Gasteiger partial charge in [0.1, 0.15) is 17.9 Å². The van der Waals surface area contributed by atoms with Crippen molar-refractivity contribution in [3.63, 3.8) is 0 Å². The molecule has 0 spiro atoms. The first-order valence-electron chi connectivity index (χ1n) is 7.83. The minimum atomic E-state index is -5.90. The number of aliphatic hydroxyl groups excluding tert-OH is 1. The molecule has 2 unspecified atom stereocenters. The summed E-state index contributed by atoms with van der Waals surface area (Å²) in [5.74, 6) is -0.265. The number of ether oxygens (including phenoxy) is 1. The molecule has 0 aliphatic carbocycles. The molecule has 1 saturated heterocycles. The number of anilines is 3. The average molecular weight is 458 g/mol. The van der Waals surface area contributed by atoms with E-state index >= 15 is 0 Å². The lowest BCUT2D eigenvalue weighted by molar-refractivity contribution is -0.339. The Morgan fingerprint density at radius 3 is 2.72 bits per heavy atom. The zero-order valence-corrected chi connectivity index (χ0v) is 16.3. The number of nitrogens with zero attached hydrogens (tertiary/aromatic N) is 3. The van der Waals surface area contributed by atoms with E-state index in [0.29, 0.717) is 0 Å². The predicted octanol–water partition coefficient (Wildman–Crippen LogP) is -3.68. The van der Waals surface area contributed by atoms with Gasteiger partial charge in [0.15, 0.2) is 18.2 Å². The smallest absolute Gasteiger partial charge is 0.278 e. The number of hydrogen-bond donors (Lipinski definition) is 3. The summed E-state index contributed by atoms with van der Waals surface area (Å²) in [4.78, 5) is 53.0. The van der Waals surface area contributed by atoms with Crippen molar-refractivity contribution in [2.24, 2.45) is 0 Å². The molecular formula is C11H15FN5O10P2-3. The van der Waals surface area contributed by atoms with Crippen LogP contribution in [0.5, 0.6) is 0 Å². The fraction of sp³-hybridized carbons (Fsp3) is 0.636. The lowest BCUT2D eigenvalue weighted by Crippen LogP contribution is -2.43. The Labute approximate surface area is 161 Å². The summed E-state index contributed by atoms with van der Waals surface area (Å²) in [6.07, 6.45) is -7.07. The fourth-order valence-corrected chi connectivity index (χ4v) is 4.48. The number of nitrogens with one attached hydrogen (secondary N) is 1. The summed E-state index contributed by atoms with van der Waals surface area (Å²) < 4.78 is 49.1. The van der Waals surface area contributed by atoms with E-state index in [2.05, 4.69) is 18.8 Å². The van der Waals surface area contributed by atoms with Crippen molar-refractivity contribution in [1.82, 2.24) is 9.97 Å². The van der Waals surface area contributed by atoms with E-state index in [-0.39, 0.29) is 24.1 Å². The first-order valence-corrected chi connectivity index (χ1v) is 10.8. The third-order valence-corrected chi connectivity index (χ3v) is 6.18. The number of aromatic amines is 1. The van der Waals surface area contributed by atoms with Gasteiger partial charge in [-0.2, -0.15) is 4.98 Å². The number of fused-ring (bicyclic) bond motifs is 1. The molecule has 18 heteroatoms. The predicted molar refractivity (Wildman–Crippen MR) is 86.8 cm³/mol. The third-order valence-electron chi connectivity index (χ3n) is 4.11. The van der Waals surface area contributed by atoms with Crippen molar-refractivity contribution >= 4 is 33.1 Å². The number of aromatic nitrogens is 2. The molecule has 5 atom stereocenters. The molecule has 3 heterocycles. The summed E-state index contributed by atoms with van der Waals surface area (Å²) in [7, 11) is -9.97. The molecule has 0 amide bonds. The largest absolute Gasteiger partial charge is 0.790 e. The van der Waals surface area contributed by atoms with E-state index < -0.39 is 52.4 Å². The highest BCUT2D eigenvalue weighted by molar-refractivity contribution is 7.58. The van der Waals surface area contributed by atoms with Gasteiger partial charge >= 0.3 is 0 Å². The van der Waals surface area contributed by atoms with Crippen LogP contribution in [-0.4, -0.2) is 60.0 Å². The summed E-state index contributed by atoms with van der Waals surface area (Å²) >= 11 is 0. The molecule has 15 nitrogen and oxygen atoms in total. The molecule has 0 radical (unpaired) electrons. The first-order chi connectivity index (χ1) is 13.3. The molecule has 4 N–H and O–H groups in total. The number of H-pyrrole nitrogens is 1. The van der Waals surface area contributed by atoms with Crippen molar-refractivity contribution in [2.45, 2.75) is 24.6 Å². The number of phosphoric ester groups is 1. The summed E-state index contributed by atoms with van der Waals surface area (Å²) in [5.41, 5.74) is 4.99. The maximum absolute atomic E-state index is 14.6. The van der Waals surface area contributed by atoms with Crippen LogP contribution < -0.4 is 35.8 Å². The van der Waals surface area contributed by atoms with Crippen molar-refractivity contribution in [2.75, 3.05) is 35.9 Å². The Bertz CT molecular complexity index is 941. The molecule has 29 heavy (non-hydrogen) atoms. The standard InChI is InChI=1S/C11H18FN5O10P2/c1-16-3-17(8-6(16)9(19)15-11(13)14-8)10-5(12)7(18)4(26-10)2-25-29(23,24)27-28(20,21)22/h4-5,7,10,18H,2-3H2,1H3,(H,23,24)(H2,20,21,22)(H3,13,14,15,19)/p-3/t4-,5?,7+,10-/m1/s1. The highest BCUT2D eigenvalue weighted by atomic mass is 31.3. The van der Waals surface area contributed by atoms with Gasteiger partial charge in [0.05, 0.1) is 21.1 Å². The Hall–Kier alpha value is -1.61. The number of nitrogens with two attached hydrogens (primary N) is 1. The van der Waals surface area contributed by atoms with Crippen molar-refractivity contribution in [3.8, 4) is 0 Å². The molecule has 164 valence electrons. The van der Waals surface area contributed by atoms with Crippen LogP contribution in [0, 0.1) is 0 Å². The summed E-state index contributed by atoms with van der Waals surface area (Å²) in [6.45, 7) is -1.11. The van der Waals surface area contributed by atoms with Crippen LogP contribution in [0.4, 0.5) is 21.8 Å². The topological polar surface area (TPSA) is 229 Å². The SMILES string of the molecule is CN1CN([C@@H]2O[C@H](COP(=O)([O-])OP(=O)([O-])[O-])[C@H](O)C2F)c2nc(N)[nH]c(=O)c21. The number of aliphatic hydroxyl groups is 1. The highest BCUT2D eigenvalue weighted by Crippen LogP contribution is 2.50. The molecule has 0 saturated carbocycles. The van der Waals surface area contributed by atoms with E-state index in [1.165, 1.54) is 16.8 Å². The Balaban J connectivity index is 1.75. The maximum atomic E-state index is 14.6. The van der Waals surface area contributed by atoms with Gasteiger partial charge in [-0.3, -0.25) is 18.7 Å². The van der Waals surface area contributed by atoms with Crippen LogP contribution in [0.1, 0.15) is 0 Å². The molecule has 2 aliphatic rings. The van der Waals surface area contributed by atoms with Crippen LogP contribution in [0.3, 0.4) is 0 Å². The van der Waals surface area contributed by atoms with Crippen LogP contribution in [0.15, 0.2) is 4.79 Å². The van der Waals surface area contributed by atoms with Crippen LogP contribution in [0.25, 0.3) is 0 Å². The zero-order valence-electron chi connectivity index (χ0n) is 14.5. The molecule has 3 rings (SSSR count). The normalized spacial score (nSPS) is 29.2. The first kappa shape index (κ1) is 22.1.